The molecule has 3 nitrogen and oxygen atoms in total. The molecule has 0 fully saturated rings. The fourth-order valence-corrected chi connectivity index (χ4v) is 11.6. The van der Waals surface area contributed by atoms with Gasteiger partial charge in [0.25, 0.3) is 0 Å². The van der Waals surface area contributed by atoms with Gasteiger partial charge in [-0.05, 0) is 152 Å². The van der Waals surface area contributed by atoms with Crippen LogP contribution in [0.1, 0.15) is 31.8 Å². The highest BCUT2D eigenvalue weighted by Gasteiger charge is 2.49. The van der Waals surface area contributed by atoms with E-state index in [-0.39, 0.29) is 28.4 Å². The lowest BCUT2D eigenvalue weighted by molar-refractivity contribution is 0.785. The molecule has 14 rings (SSSR count). The van der Waals surface area contributed by atoms with Gasteiger partial charge in [0, 0.05) is 50.6 Å². The number of hydrogen-bond donors (Lipinski definition) is 0. The summed E-state index contributed by atoms with van der Waals surface area (Å²) < 4.78 is 69.5. The van der Waals surface area contributed by atoms with Crippen molar-refractivity contribution in [3.63, 3.8) is 0 Å². The summed E-state index contributed by atoms with van der Waals surface area (Å²) in [6, 6.07) is 84.3. The molecule has 0 amide bonds. The van der Waals surface area contributed by atoms with Crippen LogP contribution in [-0.2, 0) is 5.41 Å². The molecule has 0 bridgehead atoms. The minimum atomic E-state index is -1.57. The Morgan fingerprint density at radius 3 is 1.41 bits per heavy atom. The molecule has 348 valence electrons. The molecule has 1 aliphatic rings. The van der Waals surface area contributed by atoms with Crippen LogP contribution in [0, 0.1) is 0 Å². The Morgan fingerprint density at radius 2 is 0.797 bits per heavy atom. The summed E-state index contributed by atoms with van der Waals surface area (Å²) >= 11 is 0. The van der Waals surface area contributed by atoms with Crippen molar-refractivity contribution in [2.45, 2.75) is 5.41 Å². The summed E-state index contributed by atoms with van der Waals surface area (Å²) in [6.07, 6.45) is 0. The van der Waals surface area contributed by atoms with E-state index in [0.717, 1.165) is 101 Å². The van der Waals surface area contributed by atoms with Gasteiger partial charge in [0.05, 0.1) is 26.0 Å². The number of anilines is 6. The molecule has 0 N–H and O–H groups in total. The van der Waals surface area contributed by atoms with E-state index < -0.39 is 35.6 Å². The molecule has 74 heavy (non-hydrogen) atoms. The van der Waals surface area contributed by atoms with Crippen LogP contribution in [0.5, 0.6) is 0 Å². The van der Waals surface area contributed by atoms with Crippen molar-refractivity contribution in [2.75, 3.05) is 9.80 Å². The molecule has 1 atom stereocenters. The second-order valence-corrected chi connectivity index (χ2v) is 18.7. The monoisotopic (exact) mass is 950 g/mol. The average Bonchev–Trinajstić information content (AvgIpc) is 3.03. The molecule has 0 saturated carbocycles. The molecule has 1 aliphatic carbocycles. The van der Waals surface area contributed by atoms with E-state index in [1.54, 1.807) is 0 Å². The lowest BCUT2D eigenvalue weighted by Gasteiger charge is -2.36. The molecule has 1 unspecified atom stereocenters. The number of benzene rings is 12. The molecule has 0 radical (unpaired) electrons. The van der Waals surface area contributed by atoms with Gasteiger partial charge in [-0.25, -0.2) is 0 Å². The molecule has 0 spiro atoms. The normalized spacial score (nSPS) is 15.1. The largest absolute Gasteiger partial charge is 0.310 e. The lowest BCUT2D eigenvalue weighted by Crippen LogP contribution is -2.29. The van der Waals surface area contributed by atoms with Crippen LogP contribution in [0.15, 0.2) is 297 Å². The van der Waals surface area contributed by atoms with Crippen LogP contribution in [0.2, 0.25) is 0 Å². The number of fused-ring (bicyclic) bond motifs is 7. The highest BCUT2D eigenvalue weighted by Crippen LogP contribution is 2.61. The highest BCUT2D eigenvalue weighted by molar-refractivity contribution is 6.13. The molecular formula is C71H49N3. The van der Waals surface area contributed by atoms with Gasteiger partial charge in [0.1, 0.15) is 0 Å². The second-order valence-electron chi connectivity index (χ2n) is 18.7. The SMILES string of the molecule is [2H]c1c([2H])c([2H])c2c(C3(c4cccc5c4c4ccccc4n5-c4ccccc4)c4ccc(N(c5ccccc5)c5ccccc5)cc4-c4cc(N(c5ccccc5)c5ccc(-c6ccccc6)cc5)ccc43)c([2H])c([2H])c([2H])c2c1[2H]. The minimum Gasteiger partial charge on any atom is -0.310 e. The standard InChI is InChI=1S/C71H49N3/c1-6-22-50(23-7-1)51-40-42-57(43-41-51)73(55-30-12-4-13-31-55)59-45-47-66-63(49-59)62-48-58(72(53-26-8-2-9-27-53)54-28-10-3-11-29-54)44-46-65(62)71(66,64-36-20-25-52-24-16-17-34-60(52)64)67-37-21-39-69-70(67)61-35-18-19-38-68(61)74(69)56-32-14-5-15-33-56/h1-49H/i16D,17D,20D,24D,25D,34D,36D. The average molecular weight is 951 g/mol. The molecule has 0 aliphatic heterocycles. The first-order chi connectivity index (χ1) is 39.6. The van der Waals surface area contributed by atoms with Crippen molar-refractivity contribution in [3.05, 3.63) is 319 Å². The summed E-state index contributed by atoms with van der Waals surface area (Å²) in [4.78, 5) is 4.46. The number of hydrogen-bond acceptors (Lipinski definition) is 2. The minimum absolute atomic E-state index is 0.0300. The number of nitrogens with zero attached hydrogens (tertiary/aromatic N) is 3. The van der Waals surface area contributed by atoms with E-state index >= 15 is 0 Å². The Hall–Kier alpha value is -9.70. The Balaban J connectivity index is 1.16. The van der Waals surface area contributed by atoms with Crippen LogP contribution >= 0.6 is 0 Å². The predicted octanol–water partition coefficient (Wildman–Crippen LogP) is 18.9. The number of aromatic nitrogens is 1. The van der Waals surface area contributed by atoms with Crippen LogP contribution < -0.4 is 9.80 Å². The third-order valence-electron chi connectivity index (χ3n) is 14.7. The van der Waals surface area contributed by atoms with Gasteiger partial charge >= 0.3 is 0 Å². The zero-order valence-electron chi connectivity index (χ0n) is 47.1. The van der Waals surface area contributed by atoms with E-state index in [9.17, 15) is 8.22 Å². The zero-order valence-corrected chi connectivity index (χ0v) is 40.1. The van der Waals surface area contributed by atoms with Gasteiger partial charge in [-0.15, -0.1) is 0 Å². The van der Waals surface area contributed by atoms with Gasteiger partial charge in [-0.1, -0.05) is 200 Å². The first kappa shape index (κ1) is 36.3. The molecule has 1 heterocycles. The van der Waals surface area contributed by atoms with Crippen molar-refractivity contribution in [1.82, 2.24) is 4.57 Å². The lowest BCUT2D eigenvalue weighted by atomic mass is 9.65. The van der Waals surface area contributed by atoms with E-state index in [1.807, 2.05) is 109 Å². The number of rotatable bonds is 10. The van der Waals surface area contributed by atoms with Crippen molar-refractivity contribution < 1.29 is 9.60 Å². The molecule has 12 aromatic carbocycles. The Morgan fingerprint density at radius 1 is 0.324 bits per heavy atom. The van der Waals surface area contributed by atoms with Gasteiger partial charge in [0.15, 0.2) is 0 Å². The Kier molecular flexibility index (Phi) is 8.75. The fourth-order valence-electron chi connectivity index (χ4n) is 11.6. The summed E-state index contributed by atoms with van der Waals surface area (Å²) in [7, 11) is 0. The van der Waals surface area contributed by atoms with Crippen molar-refractivity contribution in [3.8, 4) is 27.9 Å². The highest BCUT2D eigenvalue weighted by atomic mass is 15.1. The second kappa shape index (κ2) is 17.9. The third-order valence-corrected chi connectivity index (χ3v) is 14.7. The van der Waals surface area contributed by atoms with E-state index in [4.69, 9.17) is 1.37 Å². The van der Waals surface area contributed by atoms with Crippen LogP contribution in [0.4, 0.5) is 34.1 Å². The van der Waals surface area contributed by atoms with Crippen LogP contribution in [0.25, 0.3) is 60.5 Å². The predicted molar refractivity (Wildman–Crippen MR) is 310 cm³/mol. The first-order valence-corrected chi connectivity index (χ1v) is 24.9. The van der Waals surface area contributed by atoms with Gasteiger partial charge in [0.2, 0.25) is 0 Å². The maximum absolute atomic E-state index is 10.4. The smallest absolute Gasteiger partial charge is 0.0726 e. The Labute approximate surface area is 441 Å². The maximum atomic E-state index is 10.4. The molecule has 0 saturated heterocycles. The molecule has 1 aromatic heterocycles. The van der Waals surface area contributed by atoms with E-state index in [1.165, 1.54) is 0 Å². The van der Waals surface area contributed by atoms with Crippen molar-refractivity contribution >= 4 is 66.7 Å². The number of para-hydroxylation sites is 5. The Bertz CT molecular complexity index is 4550. The molecular weight excluding hydrogens is 895 g/mol. The topological polar surface area (TPSA) is 11.4 Å². The van der Waals surface area contributed by atoms with Gasteiger partial charge in [-0.2, -0.15) is 0 Å². The van der Waals surface area contributed by atoms with Crippen molar-refractivity contribution in [1.29, 1.82) is 0 Å². The fraction of sp³-hybridized carbons (Fsp3) is 0.0141. The van der Waals surface area contributed by atoms with Crippen LogP contribution in [0.3, 0.4) is 0 Å². The van der Waals surface area contributed by atoms with Gasteiger partial charge in [-0.3, -0.25) is 0 Å². The quantitative estimate of drug-likeness (QED) is 0.135. The van der Waals surface area contributed by atoms with E-state index in [0.29, 0.717) is 0 Å². The van der Waals surface area contributed by atoms with Gasteiger partial charge < -0.3 is 14.4 Å². The summed E-state index contributed by atoms with van der Waals surface area (Å²) in [5, 5.41) is 1.73. The maximum Gasteiger partial charge on any atom is 0.0726 e. The third kappa shape index (κ3) is 6.89. The first-order valence-electron chi connectivity index (χ1n) is 28.4. The molecule has 13 aromatic rings. The van der Waals surface area contributed by atoms with Crippen molar-refractivity contribution in [2.24, 2.45) is 0 Å². The molecule has 3 heteroatoms. The zero-order chi connectivity index (χ0) is 55.1. The summed E-state index contributed by atoms with van der Waals surface area (Å²) in [5.74, 6) is 0. The van der Waals surface area contributed by atoms with E-state index in [2.05, 4.69) is 160 Å². The summed E-state index contributed by atoms with van der Waals surface area (Å²) in [5.41, 5.74) is 13.0. The summed E-state index contributed by atoms with van der Waals surface area (Å²) in [6.45, 7) is 0. The van der Waals surface area contributed by atoms with Crippen LogP contribution in [-0.4, -0.2) is 4.57 Å².